The molecule has 3 atom stereocenters. The van der Waals surface area contributed by atoms with Gasteiger partial charge in [0, 0.05) is 32.2 Å². The van der Waals surface area contributed by atoms with Gasteiger partial charge in [-0.25, -0.2) is 0 Å². The molecule has 0 aromatic carbocycles. The number of hydrogen-bond donors (Lipinski definition) is 2. The van der Waals surface area contributed by atoms with Crippen molar-refractivity contribution in [1.82, 2.24) is 15.1 Å². The summed E-state index contributed by atoms with van der Waals surface area (Å²) in [4.78, 5) is 17.3. The van der Waals surface area contributed by atoms with Gasteiger partial charge < -0.3 is 11.1 Å². The highest BCUT2D eigenvalue weighted by Gasteiger charge is 2.28. The van der Waals surface area contributed by atoms with Crippen LogP contribution in [0, 0.1) is 0 Å². The van der Waals surface area contributed by atoms with E-state index in [1.807, 2.05) is 13.8 Å². The summed E-state index contributed by atoms with van der Waals surface area (Å²) in [6.45, 7) is 11.8. The molecule has 21 heavy (non-hydrogen) atoms. The zero-order chi connectivity index (χ0) is 16.0. The normalized spacial score (nSPS) is 21.5. The summed E-state index contributed by atoms with van der Waals surface area (Å²) in [6, 6.07) is 0.309. The van der Waals surface area contributed by atoms with Crippen molar-refractivity contribution < 1.29 is 4.79 Å². The van der Waals surface area contributed by atoms with E-state index in [1.54, 1.807) is 0 Å². The van der Waals surface area contributed by atoms with Gasteiger partial charge in [-0.15, -0.1) is 0 Å². The average Bonchev–Trinajstić information content (AvgIpc) is 2.45. The van der Waals surface area contributed by atoms with E-state index in [0.29, 0.717) is 4.99 Å². The quantitative estimate of drug-likeness (QED) is 0.686. The van der Waals surface area contributed by atoms with E-state index in [2.05, 4.69) is 29.0 Å². The lowest BCUT2D eigenvalue weighted by Gasteiger charge is -2.39. The van der Waals surface area contributed by atoms with Crippen LogP contribution in [0.25, 0.3) is 0 Å². The van der Waals surface area contributed by atoms with Crippen molar-refractivity contribution in [3.05, 3.63) is 0 Å². The Bertz CT molecular complexity index is 356. The monoisotopic (exact) mass is 314 g/mol. The second kappa shape index (κ2) is 8.66. The highest BCUT2D eigenvalue weighted by atomic mass is 32.1. The molecule has 0 saturated carbocycles. The van der Waals surface area contributed by atoms with Crippen molar-refractivity contribution in [2.45, 2.75) is 58.7 Å². The van der Waals surface area contributed by atoms with Crippen LogP contribution < -0.4 is 11.1 Å². The topological polar surface area (TPSA) is 61.6 Å². The maximum Gasteiger partial charge on any atom is 0.237 e. The molecule has 122 valence electrons. The van der Waals surface area contributed by atoms with Crippen molar-refractivity contribution in [2.24, 2.45) is 5.73 Å². The predicted molar refractivity (Wildman–Crippen MR) is 91.4 cm³/mol. The zero-order valence-corrected chi connectivity index (χ0v) is 14.6. The number of carbonyl (C=O) groups excluding carboxylic acids is 1. The van der Waals surface area contributed by atoms with Gasteiger partial charge in [0.15, 0.2) is 0 Å². The minimum absolute atomic E-state index is 0.0772. The van der Waals surface area contributed by atoms with Crippen LogP contribution in [0.5, 0.6) is 0 Å². The zero-order valence-electron chi connectivity index (χ0n) is 13.8. The fourth-order valence-electron chi connectivity index (χ4n) is 2.73. The highest BCUT2D eigenvalue weighted by Crippen LogP contribution is 2.10. The molecule has 3 N–H and O–H groups in total. The highest BCUT2D eigenvalue weighted by molar-refractivity contribution is 7.80. The summed E-state index contributed by atoms with van der Waals surface area (Å²) in [5.41, 5.74) is 5.70. The van der Waals surface area contributed by atoms with Gasteiger partial charge in [0.1, 0.15) is 0 Å². The average molecular weight is 314 g/mol. The fraction of sp³-hybridized carbons (Fsp3) is 0.867. The number of thiocarbonyl (C=S) groups is 1. The van der Waals surface area contributed by atoms with E-state index in [9.17, 15) is 4.79 Å². The summed E-state index contributed by atoms with van der Waals surface area (Å²) in [6.07, 6.45) is 2.11. The van der Waals surface area contributed by atoms with Crippen molar-refractivity contribution in [3.8, 4) is 0 Å². The minimum atomic E-state index is -0.0772. The summed E-state index contributed by atoms with van der Waals surface area (Å²) in [5.74, 6) is 0.131. The van der Waals surface area contributed by atoms with E-state index in [-0.39, 0.29) is 24.0 Å². The summed E-state index contributed by atoms with van der Waals surface area (Å²) >= 11 is 5.05. The smallest absolute Gasteiger partial charge is 0.237 e. The van der Waals surface area contributed by atoms with Crippen LogP contribution in [-0.4, -0.2) is 65.0 Å². The Morgan fingerprint density at radius 1 is 1.14 bits per heavy atom. The van der Waals surface area contributed by atoms with E-state index < -0.39 is 0 Å². The van der Waals surface area contributed by atoms with Crippen LogP contribution in [0.4, 0.5) is 0 Å². The maximum absolute atomic E-state index is 12.2. The first-order chi connectivity index (χ1) is 9.86. The Balaban J connectivity index is 2.42. The lowest BCUT2D eigenvalue weighted by molar-refractivity contribution is -0.127. The van der Waals surface area contributed by atoms with Crippen LogP contribution in [-0.2, 0) is 4.79 Å². The Kier molecular flexibility index (Phi) is 7.56. The van der Waals surface area contributed by atoms with Crippen LogP contribution in [0.2, 0.25) is 0 Å². The van der Waals surface area contributed by atoms with Gasteiger partial charge in [-0.3, -0.25) is 14.6 Å². The number of carbonyl (C=O) groups is 1. The maximum atomic E-state index is 12.2. The first kappa shape index (κ1) is 18.3. The molecule has 1 amide bonds. The first-order valence-corrected chi connectivity index (χ1v) is 8.35. The molecule has 1 fully saturated rings. The number of rotatable bonds is 7. The minimum Gasteiger partial charge on any atom is -0.392 e. The number of nitrogens with zero attached hydrogens (tertiary/aromatic N) is 2. The molecule has 5 nitrogen and oxygen atoms in total. The second-order valence-electron chi connectivity index (χ2n) is 6.02. The van der Waals surface area contributed by atoms with Crippen molar-refractivity contribution in [1.29, 1.82) is 0 Å². The van der Waals surface area contributed by atoms with Gasteiger partial charge in [0.25, 0.3) is 0 Å². The lowest BCUT2D eigenvalue weighted by Crippen LogP contribution is -2.57. The number of nitrogens with one attached hydrogen (secondary N) is 1. The van der Waals surface area contributed by atoms with Crippen molar-refractivity contribution >= 4 is 23.1 Å². The molecule has 1 saturated heterocycles. The molecule has 0 spiro atoms. The van der Waals surface area contributed by atoms with Gasteiger partial charge in [-0.05, 0) is 27.2 Å². The molecule has 0 aromatic heterocycles. The van der Waals surface area contributed by atoms with Gasteiger partial charge in [-0.2, -0.15) is 0 Å². The Hall–Kier alpha value is -0.720. The molecule has 1 rings (SSSR count). The van der Waals surface area contributed by atoms with Crippen LogP contribution in [0.15, 0.2) is 0 Å². The van der Waals surface area contributed by atoms with Crippen molar-refractivity contribution in [2.75, 3.05) is 26.2 Å². The van der Waals surface area contributed by atoms with E-state index in [1.165, 1.54) is 0 Å². The van der Waals surface area contributed by atoms with Gasteiger partial charge in [-0.1, -0.05) is 25.6 Å². The molecule has 0 aromatic rings. The molecule has 0 aliphatic carbocycles. The van der Waals surface area contributed by atoms with Gasteiger partial charge in [0.05, 0.1) is 17.1 Å². The third-order valence-corrected chi connectivity index (χ3v) is 4.69. The summed E-state index contributed by atoms with van der Waals surface area (Å²) in [7, 11) is 0. The van der Waals surface area contributed by atoms with E-state index in [4.69, 9.17) is 18.0 Å². The molecule has 1 heterocycles. The Morgan fingerprint density at radius 2 is 1.62 bits per heavy atom. The largest absolute Gasteiger partial charge is 0.392 e. The summed E-state index contributed by atoms with van der Waals surface area (Å²) in [5, 5.41) is 3.10. The Labute approximate surface area is 134 Å². The number of piperazine rings is 1. The molecule has 0 bridgehead atoms. The molecule has 0 radical (unpaired) electrons. The Morgan fingerprint density at radius 3 is 2.05 bits per heavy atom. The summed E-state index contributed by atoms with van der Waals surface area (Å²) < 4.78 is 0. The van der Waals surface area contributed by atoms with Gasteiger partial charge >= 0.3 is 0 Å². The first-order valence-electron chi connectivity index (χ1n) is 7.94. The molecular weight excluding hydrogens is 284 g/mol. The van der Waals surface area contributed by atoms with Crippen LogP contribution >= 0.6 is 12.2 Å². The van der Waals surface area contributed by atoms with E-state index in [0.717, 1.165) is 39.0 Å². The van der Waals surface area contributed by atoms with E-state index >= 15 is 0 Å². The molecule has 6 heteroatoms. The SMILES string of the molecule is CCCC(C)NC(=O)C(C)N1CCN(C(C)C(N)=S)CC1. The molecular formula is C15H30N4OS. The third-order valence-electron chi connectivity index (χ3n) is 4.35. The van der Waals surface area contributed by atoms with Crippen molar-refractivity contribution in [3.63, 3.8) is 0 Å². The van der Waals surface area contributed by atoms with Crippen LogP contribution in [0.3, 0.4) is 0 Å². The molecule has 3 unspecified atom stereocenters. The number of amides is 1. The fourth-order valence-corrected chi connectivity index (χ4v) is 2.88. The third kappa shape index (κ3) is 5.52. The predicted octanol–water partition coefficient (Wildman–Crippen LogP) is 0.972. The van der Waals surface area contributed by atoms with Gasteiger partial charge in [0.2, 0.25) is 5.91 Å². The molecule has 1 aliphatic rings. The lowest BCUT2D eigenvalue weighted by atomic mass is 10.1. The molecule has 1 aliphatic heterocycles. The standard InChI is InChI=1S/C15H30N4OS/c1-5-6-11(2)17-15(20)13(4)19-9-7-18(8-10-19)12(3)14(16)21/h11-13H,5-10H2,1-4H3,(H2,16,21)(H,17,20). The van der Waals surface area contributed by atoms with Crippen LogP contribution in [0.1, 0.15) is 40.5 Å². The number of nitrogens with two attached hydrogens (primary N) is 1. The second-order valence-corrected chi connectivity index (χ2v) is 6.50. The number of hydrogen-bond acceptors (Lipinski definition) is 4.